The van der Waals surface area contributed by atoms with Crippen molar-refractivity contribution >= 4 is 0 Å². The molecule has 0 radical (unpaired) electrons. The second kappa shape index (κ2) is 5.63. The van der Waals surface area contributed by atoms with Gasteiger partial charge in [0.1, 0.15) is 17.2 Å². The quantitative estimate of drug-likeness (QED) is 0.917. The molecule has 0 aromatic heterocycles. The van der Waals surface area contributed by atoms with E-state index in [9.17, 15) is 9.50 Å². The van der Waals surface area contributed by atoms with Crippen molar-refractivity contribution in [3.8, 4) is 5.75 Å². The van der Waals surface area contributed by atoms with Gasteiger partial charge in [0.2, 0.25) is 0 Å². The third kappa shape index (κ3) is 2.99. The minimum absolute atomic E-state index is 0.0907. The summed E-state index contributed by atoms with van der Waals surface area (Å²) in [6.07, 6.45) is 0.0907. The van der Waals surface area contributed by atoms with Gasteiger partial charge in [-0.2, -0.15) is 0 Å². The van der Waals surface area contributed by atoms with Crippen molar-refractivity contribution in [3.05, 3.63) is 65.5 Å². The molecule has 2 aromatic carbocycles. The summed E-state index contributed by atoms with van der Waals surface area (Å²) < 4.78 is 19.4. The lowest BCUT2D eigenvalue weighted by molar-refractivity contribution is 0.0978. The fourth-order valence-corrected chi connectivity index (χ4v) is 2.14. The van der Waals surface area contributed by atoms with E-state index in [2.05, 4.69) is 0 Å². The van der Waals surface area contributed by atoms with E-state index < -0.39 is 11.4 Å². The molecule has 0 fully saturated rings. The largest absolute Gasteiger partial charge is 0.491 e. The predicted octanol–water partition coefficient (Wildman–Crippen LogP) is 3.87. The lowest BCUT2D eigenvalue weighted by atomic mass is 9.88. The van der Waals surface area contributed by atoms with Crippen molar-refractivity contribution in [1.29, 1.82) is 0 Å². The minimum Gasteiger partial charge on any atom is -0.491 e. The molecule has 0 saturated heterocycles. The molecule has 20 heavy (non-hydrogen) atoms. The zero-order valence-electron chi connectivity index (χ0n) is 11.9. The van der Waals surface area contributed by atoms with Crippen molar-refractivity contribution in [2.24, 2.45) is 0 Å². The Morgan fingerprint density at radius 3 is 2.20 bits per heavy atom. The summed E-state index contributed by atoms with van der Waals surface area (Å²) in [5.41, 5.74) is -0.488. The first-order valence-corrected chi connectivity index (χ1v) is 6.66. The Bertz CT molecular complexity index is 574. The van der Waals surface area contributed by atoms with Crippen LogP contribution in [0.2, 0.25) is 0 Å². The number of ether oxygens (including phenoxy) is 1. The molecule has 0 spiro atoms. The summed E-state index contributed by atoms with van der Waals surface area (Å²) >= 11 is 0. The molecule has 3 heteroatoms. The van der Waals surface area contributed by atoms with Crippen LogP contribution in [-0.4, -0.2) is 11.2 Å². The van der Waals surface area contributed by atoms with E-state index in [-0.39, 0.29) is 11.7 Å². The SMILES string of the molecule is CC(C)Oc1ccc(C(C)(O)c2ccccc2F)cc1. The van der Waals surface area contributed by atoms with Gasteiger partial charge in [-0.1, -0.05) is 30.3 Å². The maximum Gasteiger partial charge on any atom is 0.129 e. The molecule has 0 saturated carbocycles. The van der Waals surface area contributed by atoms with Crippen molar-refractivity contribution in [3.63, 3.8) is 0 Å². The highest BCUT2D eigenvalue weighted by Gasteiger charge is 2.28. The third-order valence-corrected chi connectivity index (χ3v) is 3.19. The molecule has 2 rings (SSSR count). The number of benzene rings is 2. The highest BCUT2D eigenvalue weighted by Crippen LogP contribution is 2.31. The maximum absolute atomic E-state index is 13.8. The van der Waals surface area contributed by atoms with Crippen LogP contribution in [0.3, 0.4) is 0 Å². The normalized spacial score (nSPS) is 14.1. The number of halogens is 1. The van der Waals surface area contributed by atoms with Crippen LogP contribution in [0.25, 0.3) is 0 Å². The zero-order valence-corrected chi connectivity index (χ0v) is 11.9. The highest BCUT2D eigenvalue weighted by atomic mass is 19.1. The van der Waals surface area contributed by atoms with Crippen LogP contribution in [0.1, 0.15) is 31.9 Å². The minimum atomic E-state index is -1.37. The molecule has 2 nitrogen and oxygen atoms in total. The van der Waals surface area contributed by atoms with Gasteiger partial charge in [0, 0.05) is 5.56 Å². The standard InChI is InChI=1S/C17H19FO2/c1-12(2)20-14-10-8-13(9-11-14)17(3,19)15-6-4-5-7-16(15)18/h4-12,19H,1-3H3. The fraction of sp³-hybridized carbons (Fsp3) is 0.294. The topological polar surface area (TPSA) is 29.5 Å². The Labute approximate surface area is 118 Å². The highest BCUT2D eigenvalue weighted by molar-refractivity contribution is 5.38. The molecule has 106 valence electrons. The first-order valence-electron chi connectivity index (χ1n) is 6.66. The third-order valence-electron chi connectivity index (χ3n) is 3.19. The predicted molar refractivity (Wildman–Crippen MR) is 77.3 cm³/mol. The van der Waals surface area contributed by atoms with Gasteiger partial charge in [0.05, 0.1) is 6.10 Å². The molecule has 0 amide bonds. The summed E-state index contributed by atoms with van der Waals surface area (Å²) in [5.74, 6) is 0.313. The smallest absolute Gasteiger partial charge is 0.129 e. The van der Waals surface area contributed by atoms with Gasteiger partial charge in [-0.05, 0) is 44.5 Å². The van der Waals surface area contributed by atoms with Crippen LogP contribution in [0.5, 0.6) is 5.75 Å². The fourth-order valence-electron chi connectivity index (χ4n) is 2.14. The molecule has 1 N–H and O–H groups in total. The Kier molecular flexibility index (Phi) is 4.09. The van der Waals surface area contributed by atoms with Crippen LogP contribution >= 0.6 is 0 Å². The van der Waals surface area contributed by atoms with Crippen molar-refractivity contribution in [2.75, 3.05) is 0 Å². The molecule has 0 aliphatic carbocycles. The lowest BCUT2D eigenvalue weighted by Crippen LogP contribution is -2.24. The monoisotopic (exact) mass is 274 g/mol. The van der Waals surface area contributed by atoms with Crippen LogP contribution in [0.15, 0.2) is 48.5 Å². The van der Waals surface area contributed by atoms with Crippen LogP contribution in [0, 0.1) is 5.82 Å². The Morgan fingerprint density at radius 1 is 1.05 bits per heavy atom. The summed E-state index contributed by atoms with van der Waals surface area (Å²) in [7, 11) is 0. The average molecular weight is 274 g/mol. The number of aliphatic hydroxyl groups is 1. The molecular formula is C17H19FO2. The van der Waals surface area contributed by atoms with Gasteiger partial charge in [-0.25, -0.2) is 4.39 Å². The first kappa shape index (κ1) is 14.5. The second-order valence-electron chi connectivity index (χ2n) is 5.24. The van der Waals surface area contributed by atoms with E-state index in [0.717, 1.165) is 5.75 Å². The molecule has 1 atom stereocenters. The summed E-state index contributed by atoms with van der Waals surface area (Å²) in [6.45, 7) is 5.48. The Hall–Kier alpha value is -1.87. The van der Waals surface area contributed by atoms with Crippen molar-refractivity contribution < 1.29 is 14.2 Å². The zero-order chi connectivity index (χ0) is 14.8. The van der Waals surface area contributed by atoms with E-state index >= 15 is 0 Å². The maximum atomic E-state index is 13.8. The van der Waals surface area contributed by atoms with E-state index in [0.29, 0.717) is 5.56 Å². The van der Waals surface area contributed by atoms with Gasteiger partial charge < -0.3 is 9.84 Å². The molecule has 0 aliphatic rings. The molecular weight excluding hydrogens is 255 g/mol. The Morgan fingerprint density at radius 2 is 1.65 bits per heavy atom. The molecule has 0 bridgehead atoms. The van der Waals surface area contributed by atoms with E-state index in [1.54, 1.807) is 49.4 Å². The number of rotatable bonds is 4. The van der Waals surface area contributed by atoms with E-state index in [1.807, 2.05) is 13.8 Å². The molecule has 2 aromatic rings. The summed E-state index contributed by atoms with van der Waals surface area (Å²) in [5, 5.41) is 10.6. The Balaban J connectivity index is 2.32. The summed E-state index contributed by atoms with van der Waals surface area (Å²) in [6, 6.07) is 13.3. The van der Waals surface area contributed by atoms with Gasteiger partial charge in [-0.15, -0.1) is 0 Å². The van der Waals surface area contributed by atoms with Crippen LogP contribution in [-0.2, 0) is 5.60 Å². The first-order chi connectivity index (χ1) is 9.41. The number of hydrogen-bond donors (Lipinski definition) is 1. The molecule has 0 heterocycles. The van der Waals surface area contributed by atoms with Gasteiger partial charge >= 0.3 is 0 Å². The van der Waals surface area contributed by atoms with Gasteiger partial charge in [0.15, 0.2) is 0 Å². The second-order valence-corrected chi connectivity index (χ2v) is 5.24. The van der Waals surface area contributed by atoms with Crippen molar-refractivity contribution in [2.45, 2.75) is 32.5 Å². The van der Waals surface area contributed by atoms with Crippen LogP contribution in [0.4, 0.5) is 4.39 Å². The van der Waals surface area contributed by atoms with Crippen LogP contribution < -0.4 is 4.74 Å². The van der Waals surface area contributed by atoms with Gasteiger partial charge in [0.25, 0.3) is 0 Å². The average Bonchev–Trinajstić information content (AvgIpc) is 2.39. The number of hydrogen-bond acceptors (Lipinski definition) is 2. The van der Waals surface area contributed by atoms with E-state index in [4.69, 9.17) is 4.74 Å². The molecule has 0 aliphatic heterocycles. The summed E-state index contributed by atoms with van der Waals surface area (Å²) in [4.78, 5) is 0. The molecule has 1 unspecified atom stereocenters. The van der Waals surface area contributed by atoms with E-state index in [1.165, 1.54) is 6.07 Å². The van der Waals surface area contributed by atoms with Gasteiger partial charge in [-0.3, -0.25) is 0 Å². The van der Waals surface area contributed by atoms with Crippen molar-refractivity contribution in [1.82, 2.24) is 0 Å². The lowest BCUT2D eigenvalue weighted by Gasteiger charge is -2.25.